The van der Waals surface area contributed by atoms with Gasteiger partial charge in [0.15, 0.2) is 0 Å². The van der Waals surface area contributed by atoms with Crippen molar-refractivity contribution in [1.82, 2.24) is 5.32 Å². The van der Waals surface area contributed by atoms with Gasteiger partial charge in [0.1, 0.15) is 5.75 Å². The summed E-state index contributed by atoms with van der Waals surface area (Å²) in [6.07, 6.45) is 0. The summed E-state index contributed by atoms with van der Waals surface area (Å²) in [5.74, 6) is 0.626. The molecule has 0 bridgehead atoms. The molecule has 2 aromatic carbocycles. The zero-order valence-electron chi connectivity index (χ0n) is 11.4. The minimum atomic E-state index is -3.53. The number of benzene rings is 2. The Morgan fingerprint density at radius 1 is 1.05 bits per heavy atom. The maximum Gasteiger partial charge on any atom is 0.206 e. The summed E-state index contributed by atoms with van der Waals surface area (Å²) in [6, 6.07) is 13.3. The van der Waals surface area contributed by atoms with Gasteiger partial charge in [-0.3, -0.25) is 0 Å². The molecule has 0 aliphatic rings. The average Bonchev–Trinajstić information content (AvgIpc) is 2.48. The van der Waals surface area contributed by atoms with Crippen molar-refractivity contribution in [3.05, 3.63) is 54.1 Å². The molecule has 2 rings (SSSR count). The second kappa shape index (κ2) is 6.07. The van der Waals surface area contributed by atoms with E-state index >= 15 is 0 Å². The first-order valence-electron chi connectivity index (χ1n) is 6.12. The van der Waals surface area contributed by atoms with Crippen LogP contribution in [-0.4, -0.2) is 22.6 Å². The Bertz CT molecular complexity index is 679. The van der Waals surface area contributed by atoms with Crippen molar-refractivity contribution in [2.24, 2.45) is 0 Å². The first kappa shape index (κ1) is 14.6. The van der Waals surface area contributed by atoms with Gasteiger partial charge < -0.3 is 4.74 Å². The van der Waals surface area contributed by atoms with Crippen LogP contribution in [0.2, 0.25) is 0 Å². The Morgan fingerprint density at radius 3 is 2.30 bits per heavy atom. The van der Waals surface area contributed by atoms with Gasteiger partial charge >= 0.3 is 0 Å². The van der Waals surface area contributed by atoms with E-state index in [0.29, 0.717) is 22.8 Å². The highest BCUT2D eigenvalue weighted by atomic mass is 32.2. The van der Waals surface area contributed by atoms with Crippen molar-refractivity contribution in [3.63, 3.8) is 0 Å². The monoisotopic (exact) mass is 290 g/mol. The molecule has 20 heavy (non-hydrogen) atoms. The summed E-state index contributed by atoms with van der Waals surface area (Å²) in [6.45, 7) is 0.381. The SMILES string of the molecule is C[N]Cc1ccccc1S(=O)(=O)c1ccc(OC)cc1. The van der Waals surface area contributed by atoms with Gasteiger partial charge in [0.25, 0.3) is 0 Å². The highest BCUT2D eigenvalue weighted by Gasteiger charge is 2.20. The van der Waals surface area contributed by atoms with E-state index in [1.807, 2.05) is 6.07 Å². The van der Waals surface area contributed by atoms with Crippen molar-refractivity contribution < 1.29 is 13.2 Å². The van der Waals surface area contributed by atoms with Crippen LogP contribution in [0.4, 0.5) is 0 Å². The molecule has 5 heteroatoms. The maximum atomic E-state index is 12.6. The molecule has 0 amide bonds. The molecule has 0 aromatic heterocycles. The van der Waals surface area contributed by atoms with E-state index in [-0.39, 0.29) is 4.90 Å². The molecule has 0 aliphatic carbocycles. The van der Waals surface area contributed by atoms with E-state index < -0.39 is 9.84 Å². The molecule has 0 N–H and O–H groups in total. The van der Waals surface area contributed by atoms with Crippen LogP contribution < -0.4 is 10.1 Å². The minimum absolute atomic E-state index is 0.252. The number of rotatable bonds is 5. The van der Waals surface area contributed by atoms with Crippen molar-refractivity contribution in [2.75, 3.05) is 14.2 Å². The third-order valence-corrected chi connectivity index (χ3v) is 4.83. The van der Waals surface area contributed by atoms with Gasteiger partial charge in [-0.25, -0.2) is 13.7 Å². The lowest BCUT2D eigenvalue weighted by atomic mass is 10.2. The zero-order chi connectivity index (χ0) is 14.6. The number of hydrogen-bond acceptors (Lipinski definition) is 3. The van der Waals surface area contributed by atoms with Gasteiger partial charge in [0, 0.05) is 13.6 Å². The van der Waals surface area contributed by atoms with Gasteiger partial charge in [0.2, 0.25) is 9.84 Å². The minimum Gasteiger partial charge on any atom is -0.497 e. The van der Waals surface area contributed by atoms with Crippen molar-refractivity contribution >= 4 is 9.84 Å². The van der Waals surface area contributed by atoms with Crippen molar-refractivity contribution in [3.8, 4) is 5.75 Å². The number of sulfone groups is 1. The number of methoxy groups -OCH3 is 1. The second-order valence-electron chi connectivity index (χ2n) is 4.26. The molecule has 1 radical (unpaired) electrons. The van der Waals surface area contributed by atoms with Gasteiger partial charge in [-0.1, -0.05) is 18.2 Å². The van der Waals surface area contributed by atoms with Crippen LogP contribution in [0.3, 0.4) is 0 Å². The molecule has 2 aromatic rings. The Kier molecular flexibility index (Phi) is 4.42. The molecule has 4 nitrogen and oxygen atoms in total. The maximum absolute atomic E-state index is 12.6. The molecule has 0 saturated heterocycles. The van der Waals surface area contributed by atoms with E-state index in [9.17, 15) is 8.42 Å². The van der Waals surface area contributed by atoms with Crippen molar-refractivity contribution in [2.45, 2.75) is 16.3 Å². The molecule has 0 heterocycles. The predicted molar refractivity (Wildman–Crippen MR) is 76.6 cm³/mol. The first-order valence-corrected chi connectivity index (χ1v) is 7.60. The Hall–Kier alpha value is -1.85. The lowest BCUT2D eigenvalue weighted by molar-refractivity contribution is 0.414. The van der Waals surface area contributed by atoms with Crippen LogP contribution in [-0.2, 0) is 16.4 Å². The highest BCUT2D eigenvalue weighted by molar-refractivity contribution is 7.91. The van der Waals surface area contributed by atoms with Crippen LogP contribution in [0.1, 0.15) is 5.56 Å². The quantitative estimate of drug-likeness (QED) is 0.848. The van der Waals surface area contributed by atoms with Gasteiger partial charge in [-0.2, -0.15) is 0 Å². The number of hydrogen-bond donors (Lipinski definition) is 0. The van der Waals surface area contributed by atoms with Crippen molar-refractivity contribution in [1.29, 1.82) is 0 Å². The molecule has 0 saturated carbocycles. The largest absolute Gasteiger partial charge is 0.497 e. The third kappa shape index (κ3) is 2.84. The Labute approximate surface area is 119 Å². The average molecular weight is 290 g/mol. The summed E-state index contributed by atoms with van der Waals surface area (Å²) in [4.78, 5) is 0.553. The summed E-state index contributed by atoms with van der Waals surface area (Å²) >= 11 is 0. The summed E-state index contributed by atoms with van der Waals surface area (Å²) in [5.41, 5.74) is 0.700. The molecule has 0 aliphatic heterocycles. The Balaban J connectivity index is 2.49. The van der Waals surface area contributed by atoms with Gasteiger partial charge in [0.05, 0.1) is 16.9 Å². The second-order valence-corrected chi connectivity index (χ2v) is 6.18. The lowest BCUT2D eigenvalue weighted by Gasteiger charge is -2.10. The van der Waals surface area contributed by atoms with E-state index in [0.717, 1.165) is 0 Å². The molecule has 0 unspecified atom stereocenters. The molecule has 0 spiro atoms. The summed E-state index contributed by atoms with van der Waals surface area (Å²) < 4.78 is 30.3. The summed E-state index contributed by atoms with van der Waals surface area (Å²) in [5, 5.41) is 4.02. The lowest BCUT2D eigenvalue weighted by Crippen LogP contribution is -2.08. The normalized spacial score (nSPS) is 11.3. The van der Waals surface area contributed by atoms with Gasteiger partial charge in [-0.05, 0) is 35.9 Å². The topological polar surface area (TPSA) is 57.5 Å². The smallest absolute Gasteiger partial charge is 0.206 e. The first-order chi connectivity index (χ1) is 9.59. The molecule has 0 fully saturated rings. The van der Waals surface area contributed by atoms with Crippen LogP contribution in [0.25, 0.3) is 0 Å². The van der Waals surface area contributed by atoms with E-state index in [4.69, 9.17) is 4.74 Å². The standard InChI is InChI=1S/C15H16NO3S/c1-16-11-12-5-3-4-6-15(12)20(17,18)14-9-7-13(19-2)8-10-14/h3-10H,11H2,1-2H3. The van der Waals surface area contributed by atoms with E-state index in [1.54, 1.807) is 56.6 Å². The highest BCUT2D eigenvalue weighted by Crippen LogP contribution is 2.25. The molecule has 105 valence electrons. The molecular formula is C15H16NO3S. The fourth-order valence-electron chi connectivity index (χ4n) is 1.95. The van der Waals surface area contributed by atoms with E-state index in [1.165, 1.54) is 0 Å². The van der Waals surface area contributed by atoms with Crippen LogP contribution in [0, 0.1) is 0 Å². The predicted octanol–water partition coefficient (Wildman–Crippen LogP) is 2.26. The van der Waals surface area contributed by atoms with Crippen LogP contribution in [0.5, 0.6) is 5.75 Å². The fraction of sp³-hybridized carbons (Fsp3) is 0.200. The number of nitrogens with zero attached hydrogens (tertiary/aromatic N) is 1. The molecule has 0 atom stereocenters. The Morgan fingerprint density at radius 2 is 1.70 bits per heavy atom. The van der Waals surface area contributed by atoms with Crippen LogP contribution in [0.15, 0.2) is 58.3 Å². The molecular weight excluding hydrogens is 274 g/mol. The fourth-order valence-corrected chi connectivity index (χ4v) is 3.43. The van der Waals surface area contributed by atoms with E-state index in [2.05, 4.69) is 5.32 Å². The third-order valence-electron chi connectivity index (χ3n) is 2.96. The van der Waals surface area contributed by atoms with Gasteiger partial charge in [-0.15, -0.1) is 0 Å². The number of ether oxygens (including phenoxy) is 1. The summed E-state index contributed by atoms with van der Waals surface area (Å²) in [7, 11) is -0.326. The zero-order valence-corrected chi connectivity index (χ0v) is 12.2. The van der Waals surface area contributed by atoms with Crippen LogP contribution >= 0.6 is 0 Å².